The predicted octanol–water partition coefficient (Wildman–Crippen LogP) is 14.3. The van der Waals surface area contributed by atoms with Gasteiger partial charge in [-0.25, -0.2) is 4.98 Å². The van der Waals surface area contributed by atoms with Gasteiger partial charge in [0.1, 0.15) is 5.65 Å². The Balaban J connectivity index is 1.08. The van der Waals surface area contributed by atoms with Crippen molar-refractivity contribution in [3.05, 3.63) is 194 Å². The molecular weight excluding hydrogens is 665 g/mol. The summed E-state index contributed by atoms with van der Waals surface area (Å²) in [5, 5.41) is 9.94. The molecule has 0 saturated heterocycles. The lowest BCUT2D eigenvalue weighted by Crippen LogP contribution is -1.95. The molecule has 2 aromatic heterocycles. The largest absolute Gasteiger partial charge is 0.294 e. The maximum atomic E-state index is 5.03. The van der Waals surface area contributed by atoms with Gasteiger partial charge in [0.15, 0.2) is 0 Å². The molecule has 0 saturated carbocycles. The number of fused-ring (bicyclic) bond motifs is 9. The van der Waals surface area contributed by atoms with E-state index in [-0.39, 0.29) is 0 Å². The number of aromatic nitrogens is 2. The summed E-state index contributed by atoms with van der Waals surface area (Å²) < 4.78 is 2.31. The van der Waals surface area contributed by atoms with Crippen LogP contribution in [0.25, 0.3) is 116 Å². The zero-order valence-corrected chi connectivity index (χ0v) is 29.9. The first-order valence-corrected chi connectivity index (χ1v) is 19.0. The number of benzene rings is 9. The summed E-state index contributed by atoms with van der Waals surface area (Å²) in [4.78, 5) is 5.03. The summed E-state index contributed by atoms with van der Waals surface area (Å²) in [5.74, 6) is 0. The number of hydrogen-bond acceptors (Lipinski definition) is 1. The average Bonchev–Trinajstić information content (AvgIpc) is 3.78. The monoisotopic (exact) mass is 696 g/mol. The highest BCUT2D eigenvalue weighted by Gasteiger charge is 2.31. The van der Waals surface area contributed by atoms with Crippen molar-refractivity contribution in [2.45, 2.75) is 0 Å². The molecule has 254 valence electrons. The highest BCUT2D eigenvalue weighted by Crippen LogP contribution is 2.58. The van der Waals surface area contributed by atoms with Crippen molar-refractivity contribution < 1.29 is 0 Å². The van der Waals surface area contributed by atoms with Crippen molar-refractivity contribution in [3.8, 4) is 61.3 Å². The van der Waals surface area contributed by atoms with E-state index in [9.17, 15) is 0 Å². The third-order valence-electron chi connectivity index (χ3n) is 11.8. The van der Waals surface area contributed by atoms with E-state index >= 15 is 0 Å². The molecule has 2 nitrogen and oxygen atoms in total. The lowest BCUT2D eigenvalue weighted by molar-refractivity contribution is 1.14. The molecule has 0 amide bonds. The Hall–Kier alpha value is -7.29. The summed E-state index contributed by atoms with van der Waals surface area (Å²) in [6, 6.07) is 68.7. The van der Waals surface area contributed by atoms with Gasteiger partial charge in [0, 0.05) is 28.0 Å². The van der Waals surface area contributed by atoms with Gasteiger partial charge in [-0.1, -0.05) is 170 Å². The van der Waals surface area contributed by atoms with Crippen LogP contribution in [-0.4, -0.2) is 9.55 Å². The SMILES string of the molecule is c1ccc(-c2c3c(c(-c4ccccc4)c4ccccc24)-c2ccc(-c4ccc(-n5c6ccccc6c6c7ccccc7cnc65)cc4)c4cccc-3c24)cc1. The van der Waals surface area contributed by atoms with Crippen LogP contribution < -0.4 is 0 Å². The summed E-state index contributed by atoms with van der Waals surface area (Å²) in [7, 11) is 0. The van der Waals surface area contributed by atoms with Crippen molar-refractivity contribution in [2.24, 2.45) is 0 Å². The van der Waals surface area contributed by atoms with Gasteiger partial charge >= 0.3 is 0 Å². The molecule has 12 rings (SSSR count). The molecule has 0 atom stereocenters. The zero-order valence-electron chi connectivity index (χ0n) is 29.9. The fourth-order valence-corrected chi connectivity index (χ4v) is 9.50. The maximum Gasteiger partial charge on any atom is 0.146 e. The highest BCUT2D eigenvalue weighted by molar-refractivity contribution is 6.29. The summed E-state index contributed by atoms with van der Waals surface area (Å²) in [6.07, 6.45) is 2.00. The van der Waals surface area contributed by atoms with Gasteiger partial charge < -0.3 is 0 Å². The van der Waals surface area contributed by atoms with E-state index in [4.69, 9.17) is 4.98 Å². The number of hydrogen-bond donors (Lipinski definition) is 0. The molecule has 1 aliphatic rings. The van der Waals surface area contributed by atoms with Crippen molar-refractivity contribution in [2.75, 3.05) is 0 Å². The Kier molecular flexibility index (Phi) is 6.37. The van der Waals surface area contributed by atoms with Crippen LogP contribution in [0.3, 0.4) is 0 Å². The zero-order chi connectivity index (χ0) is 36.0. The molecular formula is C53H32N2. The molecule has 1 aliphatic carbocycles. The first-order chi connectivity index (χ1) is 27.3. The normalized spacial score (nSPS) is 12.0. The number of rotatable bonds is 4. The van der Waals surface area contributed by atoms with E-state index in [1.807, 2.05) is 6.20 Å². The van der Waals surface area contributed by atoms with Crippen molar-refractivity contribution in [1.82, 2.24) is 9.55 Å². The molecule has 55 heavy (non-hydrogen) atoms. The van der Waals surface area contributed by atoms with E-state index in [2.05, 4.69) is 193 Å². The minimum absolute atomic E-state index is 0.978. The van der Waals surface area contributed by atoms with Crippen LogP contribution in [0.15, 0.2) is 194 Å². The van der Waals surface area contributed by atoms with Crippen LogP contribution in [0.1, 0.15) is 0 Å². The molecule has 0 bridgehead atoms. The van der Waals surface area contributed by atoms with Gasteiger partial charge in [-0.05, 0) is 101 Å². The topological polar surface area (TPSA) is 17.8 Å². The van der Waals surface area contributed by atoms with Gasteiger partial charge in [0.25, 0.3) is 0 Å². The summed E-state index contributed by atoms with van der Waals surface area (Å²) >= 11 is 0. The minimum Gasteiger partial charge on any atom is -0.294 e. The molecule has 0 spiro atoms. The van der Waals surface area contributed by atoms with Crippen molar-refractivity contribution in [3.63, 3.8) is 0 Å². The van der Waals surface area contributed by atoms with Crippen molar-refractivity contribution in [1.29, 1.82) is 0 Å². The summed E-state index contributed by atoms with van der Waals surface area (Å²) in [6.45, 7) is 0. The first kappa shape index (κ1) is 30.2. The quantitative estimate of drug-likeness (QED) is 0.179. The smallest absolute Gasteiger partial charge is 0.146 e. The lowest BCUT2D eigenvalue weighted by atomic mass is 9.82. The molecule has 11 aromatic rings. The molecule has 0 fully saturated rings. The summed E-state index contributed by atoms with van der Waals surface area (Å²) in [5.41, 5.74) is 16.0. The number of pyridine rings is 1. The van der Waals surface area contributed by atoms with E-state index in [0.29, 0.717) is 0 Å². The van der Waals surface area contributed by atoms with Crippen LogP contribution in [0.5, 0.6) is 0 Å². The second-order valence-corrected chi connectivity index (χ2v) is 14.6. The van der Waals surface area contributed by atoms with E-state index in [1.165, 1.54) is 93.3 Å². The standard InChI is InChI=1S/C53H32N2/c1-3-14-34(15-4-1)47-41-20-9-10-21-42(41)48(35-16-5-2-6-17-35)52-45-31-30-38(40-23-13-24-44(49(40)45)51(47)52)33-26-28-37(29-27-33)55-46-25-12-11-22-43(46)50-39-19-8-7-18-36(39)32-54-53(50)55/h1-32H. The Labute approximate surface area is 318 Å². The van der Waals surface area contributed by atoms with Crippen LogP contribution in [0, 0.1) is 0 Å². The van der Waals surface area contributed by atoms with Crippen LogP contribution in [-0.2, 0) is 0 Å². The number of para-hydroxylation sites is 1. The van der Waals surface area contributed by atoms with Gasteiger partial charge in [-0.3, -0.25) is 4.57 Å². The molecule has 0 unspecified atom stereocenters. The van der Waals surface area contributed by atoms with E-state index < -0.39 is 0 Å². The lowest BCUT2D eigenvalue weighted by Gasteiger charge is -2.20. The second-order valence-electron chi connectivity index (χ2n) is 14.6. The predicted molar refractivity (Wildman–Crippen MR) is 232 cm³/mol. The molecule has 2 heterocycles. The fraction of sp³-hybridized carbons (Fsp3) is 0. The van der Waals surface area contributed by atoms with Crippen LogP contribution in [0.4, 0.5) is 0 Å². The Morgan fingerprint density at radius 2 is 0.873 bits per heavy atom. The minimum atomic E-state index is 0.978. The first-order valence-electron chi connectivity index (χ1n) is 19.0. The molecule has 0 aliphatic heterocycles. The second kappa shape index (κ2) is 11.6. The third kappa shape index (κ3) is 4.28. The van der Waals surface area contributed by atoms with Gasteiger partial charge in [0.2, 0.25) is 0 Å². The van der Waals surface area contributed by atoms with E-state index in [1.54, 1.807) is 0 Å². The fourth-order valence-electron chi connectivity index (χ4n) is 9.50. The van der Waals surface area contributed by atoms with Crippen molar-refractivity contribution >= 4 is 54.3 Å². The van der Waals surface area contributed by atoms with Crippen LogP contribution >= 0.6 is 0 Å². The highest BCUT2D eigenvalue weighted by atomic mass is 15.0. The van der Waals surface area contributed by atoms with Gasteiger partial charge in [-0.15, -0.1) is 0 Å². The Morgan fingerprint density at radius 3 is 1.56 bits per heavy atom. The Morgan fingerprint density at radius 1 is 0.327 bits per heavy atom. The van der Waals surface area contributed by atoms with Gasteiger partial charge in [-0.2, -0.15) is 0 Å². The molecule has 0 radical (unpaired) electrons. The Bertz CT molecular complexity index is 3250. The average molecular weight is 697 g/mol. The van der Waals surface area contributed by atoms with Crippen LogP contribution in [0.2, 0.25) is 0 Å². The molecule has 0 N–H and O–H groups in total. The molecule has 2 heteroatoms. The number of nitrogens with zero attached hydrogens (tertiary/aromatic N) is 2. The van der Waals surface area contributed by atoms with E-state index in [0.717, 1.165) is 22.2 Å². The maximum absolute atomic E-state index is 5.03. The third-order valence-corrected chi connectivity index (χ3v) is 11.8. The molecule has 9 aromatic carbocycles. The van der Waals surface area contributed by atoms with Gasteiger partial charge in [0.05, 0.1) is 5.52 Å².